The van der Waals surface area contributed by atoms with Crippen LogP contribution in [0.15, 0.2) is 60.0 Å². The maximum absolute atomic E-state index is 12.8. The van der Waals surface area contributed by atoms with Gasteiger partial charge in [0.1, 0.15) is 16.0 Å². The Morgan fingerprint density at radius 1 is 1.14 bits per heavy atom. The fourth-order valence-corrected chi connectivity index (χ4v) is 4.50. The molecule has 9 nitrogen and oxygen atoms in total. The Labute approximate surface area is 168 Å². The minimum atomic E-state index is -0.997. The summed E-state index contributed by atoms with van der Waals surface area (Å²) < 4.78 is 5.58. The molecule has 2 amide bonds. The second-order valence-corrected chi connectivity index (χ2v) is 7.46. The summed E-state index contributed by atoms with van der Waals surface area (Å²) >= 11 is 1.13. The fraction of sp³-hybridized carbons (Fsp3) is 0.105. The first-order valence-electron chi connectivity index (χ1n) is 8.66. The van der Waals surface area contributed by atoms with Crippen molar-refractivity contribution in [1.82, 2.24) is 20.3 Å². The number of pyridine rings is 1. The molecule has 0 bridgehead atoms. The average molecular weight is 407 g/mol. The van der Waals surface area contributed by atoms with E-state index in [0.717, 1.165) is 11.8 Å². The molecule has 3 aromatic rings. The zero-order chi connectivity index (χ0) is 20.0. The molecule has 0 saturated carbocycles. The second-order valence-electron chi connectivity index (χ2n) is 6.33. The van der Waals surface area contributed by atoms with Gasteiger partial charge in [-0.05, 0) is 18.2 Å². The van der Waals surface area contributed by atoms with E-state index in [9.17, 15) is 14.7 Å². The van der Waals surface area contributed by atoms with E-state index in [-0.39, 0.29) is 6.01 Å². The number of para-hydroxylation sites is 1. The molecule has 2 unspecified atom stereocenters. The summed E-state index contributed by atoms with van der Waals surface area (Å²) in [5, 5.41) is 12.0. The van der Waals surface area contributed by atoms with Gasteiger partial charge < -0.3 is 15.2 Å². The number of ether oxygens (including phenoxy) is 1. The van der Waals surface area contributed by atoms with Gasteiger partial charge in [-0.1, -0.05) is 30.0 Å². The van der Waals surface area contributed by atoms with Gasteiger partial charge in [0.25, 0.3) is 0 Å². The molecule has 0 radical (unpaired) electrons. The minimum Gasteiger partial charge on any atom is -0.480 e. The lowest BCUT2D eigenvalue weighted by atomic mass is 10.0. The summed E-state index contributed by atoms with van der Waals surface area (Å²) in [7, 11) is 0. The molecule has 2 aliphatic heterocycles. The first-order chi connectivity index (χ1) is 14.1. The molecule has 5 rings (SSSR count). The Kier molecular flexibility index (Phi) is 4.06. The van der Waals surface area contributed by atoms with Crippen LogP contribution in [-0.2, 0) is 4.79 Å². The number of benzene rings is 1. The van der Waals surface area contributed by atoms with Crippen LogP contribution in [0.3, 0.4) is 0 Å². The largest absolute Gasteiger partial charge is 0.480 e. The van der Waals surface area contributed by atoms with E-state index in [2.05, 4.69) is 20.3 Å². The molecule has 1 aromatic carbocycles. The highest BCUT2D eigenvalue weighted by atomic mass is 32.2. The van der Waals surface area contributed by atoms with Crippen molar-refractivity contribution in [3.8, 4) is 11.8 Å². The summed E-state index contributed by atoms with van der Waals surface area (Å²) in [6.45, 7) is 0. The van der Waals surface area contributed by atoms with Gasteiger partial charge >= 0.3 is 18.0 Å². The van der Waals surface area contributed by atoms with Crippen molar-refractivity contribution in [1.29, 1.82) is 0 Å². The second kappa shape index (κ2) is 6.74. The highest BCUT2D eigenvalue weighted by molar-refractivity contribution is 8.00. The molecule has 2 aromatic heterocycles. The molecule has 0 saturated heterocycles. The number of aromatic nitrogens is 3. The van der Waals surface area contributed by atoms with E-state index in [1.165, 1.54) is 17.3 Å². The predicted octanol–water partition coefficient (Wildman–Crippen LogP) is 3.13. The van der Waals surface area contributed by atoms with Crippen LogP contribution < -0.4 is 15.0 Å². The standard InChI is InChI=1S/C19H13N5O4S/c25-17(26)15-14-13-12(6-7-20-16(13)29-15)24(19(27)23-14)10-8-21-18(22-9-10)28-11-4-2-1-3-5-11/h1-9,14-15H,(H,23,27)(H,25,26). The summed E-state index contributed by atoms with van der Waals surface area (Å²) in [6.07, 6.45) is 4.52. The maximum atomic E-state index is 12.8. The molecule has 0 spiro atoms. The Hall–Kier alpha value is -3.66. The predicted molar refractivity (Wildman–Crippen MR) is 103 cm³/mol. The third kappa shape index (κ3) is 2.93. The molecule has 2 atom stereocenters. The summed E-state index contributed by atoms with van der Waals surface area (Å²) in [6, 6.07) is 9.86. The molecule has 2 aliphatic rings. The Morgan fingerprint density at radius 3 is 2.62 bits per heavy atom. The van der Waals surface area contributed by atoms with E-state index in [1.54, 1.807) is 24.4 Å². The highest BCUT2D eigenvalue weighted by Crippen LogP contribution is 2.50. The van der Waals surface area contributed by atoms with Gasteiger partial charge in [0.2, 0.25) is 0 Å². The Morgan fingerprint density at radius 2 is 1.90 bits per heavy atom. The van der Waals surface area contributed by atoms with Crippen LogP contribution in [0.25, 0.3) is 0 Å². The maximum Gasteiger partial charge on any atom is 0.327 e. The number of carboxylic acid groups (broad SMARTS) is 1. The quantitative estimate of drug-likeness (QED) is 0.677. The van der Waals surface area contributed by atoms with E-state index >= 15 is 0 Å². The first kappa shape index (κ1) is 17.4. The van der Waals surface area contributed by atoms with Gasteiger partial charge in [0, 0.05) is 11.8 Å². The number of carboxylic acids is 1. The van der Waals surface area contributed by atoms with Gasteiger partial charge in [0.15, 0.2) is 0 Å². The summed E-state index contributed by atoms with van der Waals surface area (Å²) in [4.78, 5) is 38.4. The van der Waals surface area contributed by atoms with E-state index in [1.807, 2.05) is 18.2 Å². The average Bonchev–Trinajstić information content (AvgIpc) is 3.10. The number of rotatable bonds is 4. The third-order valence-corrected chi connectivity index (χ3v) is 5.85. The minimum absolute atomic E-state index is 0.150. The fourth-order valence-electron chi connectivity index (χ4n) is 3.34. The summed E-state index contributed by atoms with van der Waals surface area (Å²) in [5.74, 6) is -0.397. The number of aliphatic carboxylic acids is 1. The van der Waals surface area contributed by atoms with Crippen LogP contribution in [-0.4, -0.2) is 37.3 Å². The monoisotopic (exact) mass is 407 g/mol. The molecule has 2 N–H and O–H groups in total. The van der Waals surface area contributed by atoms with Crippen LogP contribution in [0.1, 0.15) is 11.6 Å². The topological polar surface area (TPSA) is 118 Å². The normalized spacial score (nSPS) is 19.4. The van der Waals surface area contributed by atoms with Crippen LogP contribution in [0.2, 0.25) is 0 Å². The molecular weight excluding hydrogens is 394 g/mol. The first-order valence-corrected chi connectivity index (χ1v) is 9.54. The number of hydrogen-bond acceptors (Lipinski definition) is 7. The number of amides is 2. The Bertz CT molecular complexity index is 1110. The molecule has 0 aliphatic carbocycles. The van der Waals surface area contributed by atoms with Crippen LogP contribution in [0.5, 0.6) is 11.8 Å². The van der Waals surface area contributed by atoms with Gasteiger partial charge in [0.05, 0.1) is 29.8 Å². The van der Waals surface area contributed by atoms with E-state index in [4.69, 9.17) is 4.74 Å². The molecule has 10 heteroatoms. The number of carbonyl (C=O) groups is 2. The molecule has 0 fully saturated rings. The lowest BCUT2D eigenvalue weighted by Crippen LogP contribution is -2.47. The zero-order valence-corrected chi connectivity index (χ0v) is 15.5. The lowest BCUT2D eigenvalue weighted by Gasteiger charge is -2.33. The lowest BCUT2D eigenvalue weighted by molar-refractivity contribution is -0.136. The van der Waals surface area contributed by atoms with Gasteiger partial charge in [-0.15, -0.1) is 0 Å². The van der Waals surface area contributed by atoms with Gasteiger partial charge in [-0.2, -0.15) is 0 Å². The van der Waals surface area contributed by atoms with Crippen molar-refractivity contribution >= 4 is 35.1 Å². The molecule has 29 heavy (non-hydrogen) atoms. The zero-order valence-electron chi connectivity index (χ0n) is 14.7. The number of nitrogens with zero attached hydrogens (tertiary/aromatic N) is 4. The number of urea groups is 1. The number of nitrogens with one attached hydrogen (secondary N) is 1. The van der Waals surface area contributed by atoms with Crippen LogP contribution in [0.4, 0.5) is 16.2 Å². The van der Waals surface area contributed by atoms with Crippen molar-refractivity contribution in [2.75, 3.05) is 4.90 Å². The van der Waals surface area contributed by atoms with E-state index < -0.39 is 23.3 Å². The van der Waals surface area contributed by atoms with Crippen LogP contribution in [0, 0.1) is 0 Å². The molecule has 144 valence electrons. The van der Waals surface area contributed by atoms with Crippen molar-refractivity contribution in [2.24, 2.45) is 0 Å². The third-order valence-electron chi connectivity index (χ3n) is 4.57. The van der Waals surface area contributed by atoms with Gasteiger partial charge in [-0.3, -0.25) is 9.69 Å². The van der Waals surface area contributed by atoms with Gasteiger partial charge in [-0.25, -0.2) is 19.7 Å². The van der Waals surface area contributed by atoms with Crippen molar-refractivity contribution in [2.45, 2.75) is 16.3 Å². The number of thioether (sulfide) groups is 1. The highest BCUT2D eigenvalue weighted by Gasteiger charge is 2.46. The Balaban J connectivity index is 1.48. The van der Waals surface area contributed by atoms with Crippen molar-refractivity contribution < 1.29 is 19.4 Å². The summed E-state index contributed by atoms with van der Waals surface area (Å²) in [5.41, 5.74) is 1.69. The smallest absolute Gasteiger partial charge is 0.327 e. The number of hydrogen-bond donors (Lipinski definition) is 2. The number of anilines is 2. The molecular formula is C19H13N5O4S. The number of carbonyl (C=O) groups excluding carboxylic acids is 1. The van der Waals surface area contributed by atoms with Crippen LogP contribution >= 0.6 is 11.8 Å². The van der Waals surface area contributed by atoms with E-state index in [0.29, 0.717) is 27.7 Å². The van der Waals surface area contributed by atoms with Crippen molar-refractivity contribution in [3.05, 3.63) is 60.6 Å². The SMILES string of the molecule is O=C(O)C1Sc2nccc3c2C1NC(=O)N3c1cnc(Oc2ccccc2)nc1. The van der Waals surface area contributed by atoms with Crippen molar-refractivity contribution in [3.63, 3.8) is 0 Å². The molecule has 4 heterocycles.